The van der Waals surface area contributed by atoms with Gasteiger partial charge in [-0.1, -0.05) is 19.9 Å². The molecular formula is C9H14F3NO2. The molecule has 0 saturated heterocycles. The monoisotopic (exact) mass is 225 g/mol. The van der Waals surface area contributed by atoms with E-state index in [1.54, 1.807) is 0 Å². The maximum atomic E-state index is 12.1. The molecule has 0 heterocycles. The van der Waals surface area contributed by atoms with Gasteiger partial charge in [-0.2, -0.15) is 13.2 Å². The number of alkyl halides is 3. The molecule has 3 nitrogen and oxygen atoms in total. The van der Waals surface area contributed by atoms with Crippen LogP contribution in [-0.2, 0) is 9.63 Å². The van der Waals surface area contributed by atoms with E-state index in [9.17, 15) is 18.0 Å². The SMILES string of the molecule is C=CCON(CC(F)(F)F)C(=O)C(C)C. The normalized spacial score (nSPS) is 11.6. The molecule has 0 spiro atoms. The first-order valence-corrected chi connectivity index (χ1v) is 4.40. The maximum absolute atomic E-state index is 12.1. The van der Waals surface area contributed by atoms with Crippen LogP contribution in [0.1, 0.15) is 13.8 Å². The molecule has 0 radical (unpaired) electrons. The molecule has 0 aromatic heterocycles. The molecule has 88 valence electrons. The molecule has 0 N–H and O–H groups in total. The number of rotatable bonds is 5. The third kappa shape index (κ3) is 6.11. The third-order valence-electron chi connectivity index (χ3n) is 1.41. The fourth-order valence-electron chi connectivity index (χ4n) is 0.781. The quantitative estimate of drug-likeness (QED) is 0.530. The molecule has 0 atom stereocenters. The second-order valence-electron chi connectivity index (χ2n) is 3.23. The molecule has 1 amide bonds. The van der Waals surface area contributed by atoms with Crippen molar-refractivity contribution in [1.29, 1.82) is 0 Å². The highest BCUT2D eigenvalue weighted by Gasteiger charge is 2.34. The second-order valence-corrected chi connectivity index (χ2v) is 3.23. The summed E-state index contributed by atoms with van der Waals surface area (Å²) in [4.78, 5) is 15.9. The van der Waals surface area contributed by atoms with Gasteiger partial charge in [0.2, 0.25) is 5.91 Å². The van der Waals surface area contributed by atoms with E-state index in [1.807, 2.05) is 0 Å². The minimum absolute atomic E-state index is 0.130. The lowest BCUT2D eigenvalue weighted by molar-refractivity contribution is -0.231. The Morgan fingerprint density at radius 3 is 2.40 bits per heavy atom. The smallest absolute Gasteiger partial charge is 0.272 e. The van der Waals surface area contributed by atoms with Gasteiger partial charge in [0.1, 0.15) is 6.54 Å². The van der Waals surface area contributed by atoms with Crippen LogP contribution in [0.5, 0.6) is 0 Å². The Morgan fingerprint density at radius 1 is 1.53 bits per heavy atom. The van der Waals surface area contributed by atoms with Crippen LogP contribution in [0, 0.1) is 5.92 Å². The summed E-state index contributed by atoms with van der Waals surface area (Å²) < 4.78 is 36.2. The van der Waals surface area contributed by atoms with Crippen molar-refractivity contribution < 1.29 is 22.8 Å². The first-order valence-electron chi connectivity index (χ1n) is 4.40. The van der Waals surface area contributed by atoms with Gasteiger partial charge in [-0.05, 0) is 0 Å². The molecule has 0 fully saturated rings. The van der Waals surface area contributed by atoms with E-state index in [0.717, 1.165) is 0 Å². The average molecular weight is 225 g/mol. The fourth-order valence-corrected chi connectivity index (χ4v) is 0.781. The molecule has 6 heteroatoms. The highest BCUT2D eigenvalue weighted by molar-refractivity contribution is 5.77. The maximum Gasteiger partial charge on any atom is 0.408 e. The van der Waals surface area contributed by atoms with E-state index in [0.29, 0.717) is 5.06 Å². The molecule has 15 heavy (non-hydrogen) atoms. The van der Waals surface area contributed by atoms with Crippen LogP contribution in [0.25, 0.3) is 0 Å². The van der Waals surface area contributed by atoms with Gasteiger partial charge in [-0.15, -0.1) is 6.58 Å². The minimum atomic E-state index is -4.47. The van der Waals surface area contributed by atoms with Gasteiger partial charge >= 0.3 is 6.18 Å². The summed E-state index contributed by atoms with van der Waals surface area (Å²) in [5.41, 5.74) is 0. The van der Waals surface area contributed by atoms with Crippen molar-refractivity contribution in [3.63, 3.8) is 0 Å². The number of carbonyl (C=O) groups is 1. The van der Waals surface area contributed by atoms with Crippen molar-refractivity contribution in [2.24, 2.45) is 5.92 Å². The Bertz CT molecular complexity index is 226. The lowest BCUT2D eigenvalue weighted by atomic mass is 10.2. The summed E-state index contributed by atoms with van der Waals surface area (Å²) in [6.07, 6.45) is -3.19. The van der Waals surface area contributed by atoms with E-state index >= 15 is 0 Å². The number of nitrogens with zero attached hydrogens (tertiary/aromatic N) is 1. The highest BCUT2D eigenvalue weighted by atomic mass is 19.4. The van der Waals surface area contributed by atoms with E-state index in [-0.39, 0.29) is 6.61 Å². The van der Waals surface area contributed by atoms with Crippen LogP contribution in [0.15, 0.2) is 12.7 Å². The number of carbonyl (C=O) groups excluding carboxylic acids is 1. The molecule has 0 aliphatic rings. The highest BCUT2D eigenvalue weighted by Crippen LogP contribution is 2.18. The summed E-state index contributed by atoms with van der Waals surface area (Å²) in [6, 6.07) is 0. The predicted octanol–water partition coefficient (Wildman–Crippen LogP) is 2.15. The molecule has 0 bridgehead atoms. The van der Waals surface area contributed by atoms with Crippen molar-refractivity contribution in [3.05, 3.63) is 12.7 Å². The van der Waals surface area contributed by atoms with Gasteiger partial charge in [0.25, 0.3) is 0 Å². The molecule has 0 aliphatic carbocycles. The molecule has 0 rings (SSSR count). The topological polar surface area (TPSA) is 29.5 Å². The Labute approximate surface area is 86.5 Å². The summed E-state index contributed by atoms with van der Waals surface area (Å²) in [5, 5.41) is 0.326. The average Bonchev–Trinajstić information content (AvgIpc) is 2.09. The van der Waals surface area contributed by atoms with Crippen LogP contribution in [-0.4, -0.2) is 30.3 Å². The van der Waals surface area contributed by atoms with Crippen molar-refractivity contribution >= 4 is 5.91 Å². The van der Waals surface area contributed by atoms with E-state index in [4.69, 9.17) is 0 Å². The van der Waals surface area contributed by atoms with E-state index < -0.39 is 24.5 Å². The zero-order valence-corrected chi connectivity index (χ0v) is 8.67. The van der Waals surface area contributed by atoms with Crippen molar-refractivity contribution in [3.8, 4) is 0 Å². The fraction of sp³-hybridized carbons (Fsp3) is 0.667. The van der Waals surface area contributed by atoms with Crippen LogP contribution in [0.3, 0.4) is 0 Å². The summed E-state index contributed by atoms with van der Waals surface area (Å²) >= 11 is 0. The summed E-state index contributed by atoms with van der Waals surface area (Å²) in [5.74, 6) is -1.24. The van der Waals surface area contributed by atoms with Crippen molar-refractivity contribution in [2.75, 3.05) is 13.2 Å². The predicted molar refractivity (Wildman–Crippen MR) is 48.8 cm³/mol. The molecule has 0 unspecified atom stereocenters. The Kier molecular flexibility index (Phi) is 5.35. The molecule has 0 aromatic rings. The van der Waals surface area contributed by atoms with Crippen molar-refractivity contribution in [1.82, 2.24) is 5.06 Å². The zero-order chi connectivity index (χ0) is 12.1. The number of hydrogen-bond acceptors (Lipinski definition) is 2. The lowest BCUT2D eigenvalue weighted by Crippen LogP contribution is -2.41. The minimum Gasteiger partial charge on any atom is -0.272 e. The number of amides is 1. The molecular weight excluding hydrogens is 211 g/mol. The molecule has 0 aromatic carbocycles. The number of hydrogen-bond donors (Lipinski definition) is 0. The van der Waals surface area contributed by atoms with Crippen molar-refractivity contribution in [2.45, 2.75) is 20.0 Å². The summed E-state index contributed by atoms with van der Waals surface area (Å²) in [6.45, 7) is 4.76. The lowest BCUT2D eigenvalue weighted by Gasteiger charge is -2.23. The first kappa shape index (κ1) is 14.0. The Balaban J connectivity index is 4.43. The molecule has 0 aliphatic heterocycles. The van der Waals surface area contributed by atoms with Gasteiger partial charge in [-0.25, -0.2) is 5.06 Å². The van der Waals surface area contributed by atoms with E-state index in [1.165, 1.54) is 19.9 Å². The standard InChI is InChI=1S/C9H14F3NO2/c1-4-5-15-13(6-9(10,11)12)8(14)7(2)3/h4,7H,1,5-6H2,2-3H3. The molecule has 0 saturated carbocycles. The largest absolute Gasteiger partial charge is 0.408 e. The van der Waals surface area contributed by atoms with Gasteiger partial charge in [0.05, 0.1) is 6.61 Å². The Hall–Kier alpha value is -1.04. The third-order valence-corrected chi connectivity index (χ3v) is 1.41. The van der Waals surface area contributed by atoms with Crippen LogP contribution in [0.2, 0.25) is 0 Å². The van der Waals surface area contributed by atoms with Gasteiger partial charge in [-0.3, -0.25) is 9.63 Å². The van der Waals surface area contributed by atoms with E-state index in [2.05, 4.69) is 11.4 Å². The Morgan fingerprint density at radius 2 is 2.07 bits per heavy atom. The van der Waals surface area contributed by atoms with Crippen LogP contribution < -0.4 is 0 Å². The van der Waals surface area contributed by atoms with Crippen LogP contribution in [0.4, 0.5) is 13.2 Å². The first-order chi connectivity index (χ1) is 6.78. The van der Waals surface area contributed by atoms with Gasteiger partial charge in [0, 0.05) is 5.92 Å². The second kappa shape index (κ2) is 5.75. The number of halogens is 3. The summed E-state index contributed by atoms with van der Waals surface area (Å²) in [7, 11) is 0. The number of hydroxylamine groups is 2. The van der Waals surface area contributed by atoms with Gasteiger partial charge < -0.3 is 0 Å². The zero-order valence-electron chi connectivity index (χ0n) is 8.67. The van der Waals surface area contributed by atoms with Gasteiger partial charge in [0.15, 0.2) is 0 Å². The van der Waals surface area contributed by atoms with Crippen LogP contribution >= 0.6 is 0 Å².